The molecule has 0 aromatic rings. The summed E-state index contributed by atoms with van der Waals surface area (Å²) in [5.41, 5.74) is 0. The molecule has 294 valence electrons. The normalized spacial score (nSPS) is 12.5. The third kappa shape index (κ3) is 38.4. The molecule has 1 atom stereocenters. The van der Waals surface area contributed by atoms with Crippen LogP contribution in [0.3, 0.4) is 0 Å². The first-order chi connectivity index (χ1) is 25.0. The molecule has 0 rings (SSSR count). The standard InChI is InChI=1S/C45H78O6/c1-4-7-10-13-16-18-20-22-23-24-26-27-29-32-35-38-44(47)50-41-42(40-49-43(46)37-34-31-15-12-9-6-3)51-45(48)39-36-33-30-28-25-21-19-17-14-11-8-5-2/h7,10,16-19,22-23,42H,4-6,8-9,11-15,20-21,24-41H2,1-3H3/b10-7-,18-16-,19-17-,23-22-. The summed E-state index contributed by atoms with van der Waals surface area (Å²) in [6.07, 6.45) is 45.4. The monoisotopic (exact) mass is 715 g/mol. The van der Waals surface area contributed by atoms with Gasteiger partial charge < -0.3 is 14.2 Å². The molecule has 51 heavy (non-hydrogen) atoms. The number of carbonyl (C=O) groups excluding carboxylic acids is 3. The Morgan fingerprint density at radius 3 is 1.25 bits per heavy atom. The van der Waals surface area contributed by atoms with Gasteiger partial charge in [0.15, 0.2) is 6.10 Å². The summed E-state index contributed by atoms with van der Waals surface area (Å²) < 4.78 is 16.6. The molecule has 0 aliphatic rings. The molecule has 0 aliphatic carbocycles. The highest BCUT2D eigenvalue weighted by Gasteiger charge is 2.19. The Morgan fingerprint density at radius 1 is 0.412 bits per heavy atom. The minimum absolute atomic E-state index is 0.0827. The van der Waals surface area contributed by atoms with Gasteiger partial charge in [0.25, 0.3) is 0 Å². The summed E-state index contributed by atoms with van der Waals surface area (Å²) in [6.45, 7) is 6.40. The van der Waals surface area contributed by atoms with Gasteiger partial charge in [-0.15, -0.1) is 0 Å². The number of rotatable bonds is 37. The summed E-state index contributed by atoms with van der Waals surface area (Å²) in [7, 11) is 0. The maximum absolute atomic E-state index is 12.6. The maximum atomic E-state index is 12.6. The molecule has 6 nitrogen and oxygen atoms in total. The lowest BCUT2D eigenvalue weighted by atomic mass is 10.1. The van der Waals surface area contributed by atoms with Crippen molar-refractivity contribution in [3.63, 3.8) is 0 Å². The first-order valence-electron chi connectivity index (χ1n) is 21.1. The molecule has 0 heterocycles. The average molecular weight is 715 g/mol. The summed E-state index contributed by atoms with van der Waals surface area (Å²) >= 11 is 0. The quantitative estimate of drug-likeness (QED) is 0.0276. The fourth-order valence-corrected chi connectivity index (χ4v) is 5.62. The summed E-state index contributed by atoms with van der Waals surface area (Å²) in [4.78, 5) is 37.4. The Bertz CT molecular complexity index is 918. The second-order valence-corrected chi connectivity index (χ2v) is 13.9. The van der Waals surface area contributed by atoms with Crippen LogP contribution in [0.4, 0.5) is 0 Å². The van der Waals surface area contributed by atoms with E-state index >= 15 is 0 Å². The highest BCUT2D eigenvalue weighted by atomic mass is 16.6. The van der Waals surface area contributed by atoms with Gasteiger partial charge in [-0.05, 0) is 77.0 Å². The lowest BCUT2D eigenvalue weighted by molar-refractivity contribution is -0.167. The summed E-state index contributed by atoms with van der Waals surface area (Å²) in [5.74, 6) is -0.924. The first kappa shape index (κ1) is 48.4. The molecule has 0 amide bonds. The molecule has 0 N–H and O–H groups in total. The number of allylic oxidation sites excluding steroid dienone is 8. The van der Waals surface area contributed by atoms with E-state index in [-0.39, 0.29) is 31.1 Å². The van der Waals surface area contributed by atoms with Crippen molar-refractivity contribution in [2.45, 2.75) is 207 Å². The predicted molar refractivity (Wildman–Crippen MR) is 215 cm³/mol. The van der Waals surface area contributed by atoms with Crippen molar-refractivity contribution in [1.29, 1.82) is 0 Å². The van der Waals surface area contributed by atoms with E-state index in [0.717, 1.165) is 109 Å². The molecule has 0 aliphatic heterocycles. The van der Waals surface area contributed by atoms with Crippen LogP contribution in [0.2, 0.25) is 0 Å². The van der Waals surface area contributed by atoms with Crippen LogP contribution in [0.25, 0.3) is 0 Å². The number of unbranched alkanes of at least 4 members (excludes halogenated alkanes) is 18. The van der Waals surface area contributed by atoms with E-state index in [1.54, 1.807) is 0 Å². The van der Waals surface area contributed by atoms with E-state index in [1.165, 1.54) is 51.4 Å². The molecule has 0 radical (unpaired) electrons. The minimum Gasteiger partial charge on any atom is -0.462 e. The van der Waals surface area contributed by atoms with Crippen LogP contribution in [0, 0.1) is 0 Å². The average Bonchev–Trinajstić information content (AvgIpc) is 3.13. The molecule has 1 unspecified atom stereocenters. The molecule has 0 aromatic carbocycles. The lowest BCUT2D eigenvalue weighted by Gasteiger charge is -2.18. The molecular weight excluding hydrogens is 636 g/mol. The van der Waals surface area contributed by atoms with Gasteiger partial charge in [0.1, 0.15) is 13.2 Å². The lowest BCUT2D eigenvalue weighted by Crippen LogP contribution is -2.30. The highest BCUT2D eigenvalue weighted by Crippen LogP contribution is 2.13. The van der Waals surface area contributed by atoms with Gasteiger partial charge in [0, 0.05) is 19.3 Å². The van der Waals surface area contributed by atoms with Gasteiger partial charge in [-0.25, -0.2) is 0 Å². The van der Waals surface area contributed by atoms with Crippen LogP contribution in [0.1, 0.15) is 201 Å². The van der Waals surface area contributed by atoms with Crippen LogP contribution >= 0.6 is 0 Å². The second kappa shape index (κ2) is 40.1. The van der Waals surface area contributed by atoms with Crippen molar-refractivity contribution in [2.75, 3.05) is 13.2 Å². The van der Waals surface area contributed by atoms with Gasteiger partial charge in [-0.2, -0.15) is 0 Å². The van der Waals surface area contributed by atoms with Gasteiger partial charge in [-0.1, -0.05) is 153 Å². The van der Waals surface area contributed by atoms with Gasteiger partial charge >= 0.3 is 17.9 Å². The van der Waals surface area contributed by atoms with E-state index in [2.05, 4.69) is 69.4 Å². The largest absolute Gasteiger partial charge is 0.462 e. The Labute approximate surface area is 314 Å². The highest BCUT2D eigenvalue weighted by molar-refractivity contribution is 5.71. The molecular formula is C45H78O6. The number of esters is 3. The zero-order chi connectivity index (χ0) is 37.3. The van der Waals surface area contributed by atoms with E-state index in [9.17, 15) is 14.4 Å². The molecule has 0 fully saturated rings. The van der Waals surface area contributed by atoms with E-state index < -0.39 is 6.10 Å². The van der Waals surface area contributed by atoms with Crippen molar-refractivity contribution in [3.05, 3.63) is 48.6 Å². The third-order valence-corrected chi connectivity index (χ3v) is 8.82. The van der Waals surface area contributed by atoms with Gasteiger partial charge in [0.2, 0.25) is 0 Å². The van der Waals surface area contributed by atoms with Crippen LogP contribution in [-0.2, 0) is 28.6 Å². The first-order valence-corrected chi connectivity index (χ1v) is 21.1. The van der Waals surface area contributed by atoms with Crippen molar-refractivity contribution < 1.29 is 28.6 Å². The van der Waals surface area contributed by atoms with Gasteiger partial charge in [-0.3, -0.25) is 14.4 Å². The van der Waals surface area contributed by atoms with Crippen LogP contribution in [-0.4, -0.2) is 37.2 Å². The number of hydrogen-bond donors (Lipinski definition) is 0. The molecule has 0 aromatic heterocycles. The smallest absolute Gasteiger partial charge is 0.306 e. The van der Waals surface area contributed by atoms with E-state index in [4.69, 9.17) is 14.2 Å². The predicted octanol–water partition coefficient (Wildman–Crippen LogP) is 13.2. The molecule has 0 bridgehead atoms. The number of carbonyl (C=O) groups is 3. The fraction of sp³-hybridized carbons (Fsp3) is 0.756. The Hall–Kier alpha value is -2.63. The number of hydrogen-bond acceptors (Lipinski definition) is 6. The fourth-order valence-electron chi connectivity index (χ4n) is 5.62. The van der Waals surface area contributed by atoms with Crippen LogP contribution in [0.15, 0.2) is 48.6 Å². The van der Waals surface area contributed by atoms with Crippen LogP contribution in [0.5, 0.6) is 0 Å². The summed E-state index contributed by atoms with van der Waals surface area (Å²) in [5, 5.41) is 0. The van der Waals surface area contributed by atoms with Crippen molar-refractivity contribution in [3.8, 4) is 0 Å². The number of ether oxygens (including phenoxy) is 3. The molecule has 6 heteroatoms. The Kier molecular flexibility index (Phi) is 38.1. The van der Waals surface area contributed by atoms with Crippen molar-refractivity contribution >= 4 is 17.9 Å². The summed E-state index contributed by atoms with van der Waals surface area (Å²) in [6, 6.07) is 0. The minimum atomic E-state index is -0.777. The van der Waals surface area contributed by atoms with Crippen LogP contribution < -0.4 is 0 Å². The topological polar surface area (TPSA) is 78.9 Å². The zero-order valence-electron chi connectivity index (χ0n) is 33.4. The Morgan fingerprint density at radius 2 is 0.765 bits per heavy atom. The second-order valence-electron chi connectivity index (χ2n) is 13.9. The SMILES string of the molecule is CC/C=C\C/C=C\C/C=C\CCCCCCCC(=O)OCC(COC(=O)CCCCCCCC)OC(=O)CCCCCCC/C=C\CCCCC. The van der Waals surface area contributed by atoms with Crippen molar-refractivity contribution in [2.24, 2.45) is 0 Å². The third-order valence-electron chi connectivity index (χ3n) is 8.82. The molecule has 0 saturated carbocycles. The Balaban J connectivity index is 4.33. The van der Waals surface area contributed by atoms with E-state index in [1.807, 2.05) is 0 Å². The van der Waals surface area contributed by atoms with Gasteiger partial charge in [0.05, 0.1) is 0 Å². The maximum Gasteiger partial charge on any atom is 0.306 e. The molecule has 0 spiro atoms. The van der Waals surface area contributed by atoms with Crippen molar-refractivity contribution in [1.82, 2.24) is 0 Å². The molecule has 0 saturated heterocycles. The van der Waals surface area contributed by atoms with E-state index in [0.29, 0.717) is 19.3 Å². The zero-order valence-corrected chi connectivity index (χ0v) is 33.4.